The second-order valence-corrected chi connectivity index (χ2v) is 5.68. The van der Waals surface area contributed by atoms with E-state index in [1.165, 1.54) is 19.0 Å². The second kappa shape index (κ2) is 6.37. The Balaban J connectivity index is 1.92. The van der Waals surface area contributed by atoms with Crippen molar-refractivity contribution in [3.05, 3.63) is 17.5 Å². The Labute approximate surface area is 118 Å². The highest BCUT2D eigenvalue weighted by molar-refractivity contribution is 5.88. The summed E-state index contributed by atoms with van der Waals surface area (Å²) < 4.78 is 1.56. The molecule has 20 heavy (non-hydrogen) atoms. The molecule has 0 unspecified atom stereocenters. The molecule has 6 nitrogen and oxygen atoms in total. The minimum atomic E-state index is -0.969. The summed E-state index contributed by atoms with van der Waals surface area (Å²) in [5, 5.41) is 26.8. The van der Waals surface area contributed by atoms with E-state index in [-0.39, 0.29) is 5.56 Å². The standard InChI is InChI=1S/C14H23N3O3/c1-17-12(11(8-16-17)13(18)19)9-15-10-14(20)6-4-2-3-5-7-14/h8,15,20H,2-7,9-10H2,1H3,(H,18,19). The fourth-order valence-electron chi connectivity index (χ4n) is 2.83. The molecule has 0 aliphatic heterocycles. The van der Waals surface area contributed by atoms with Crippen LogP contribution in [0.25, 0.3) is 0 Å². The quantitative estimate of drug-likeness (QED) is 0.708. The highest BCUT2D eigenvalue weighted by Crippen LogP contribution is 2.26. The van der Waals surface area contributed by atoms with Crippen molar-refractivity contribution in [3.63, 3.8) is 0 Å². The van der Waals surface area contributed by atoms with Crippen LogP contribution < -0.4 is 5.32 Å². The van der Waals surface area contributed by atoms with Crippen molar-refractivity contribution in [3.8, 4) is 0 Å². The van der Waals surface area contributed by atoms with Crippen molar-refractivity contribution < 1.29 is 15.0 Å². The summed E-state index contributed by atoms with van der Waals surface area (Å²) in [6, 6.07) is 0. The molecule has 2 rings (SSSR count). The minimum Gasteiger partial charge on any atom is -0.478 e. The lowest BCUT2D eigenvalue weighted by atomic mass is 9.94. The predicted molar refractivity (Wildman–Crippen MR) is 74.5 cm³/mol. The van der Waals surface area contributed by atoms with E-state index in [1.807, 2.05) is 0 Å². The van der Waals surface area contributed by atoms with Gasteiger partial charge in [0.1, 0.15) is 5.56 Å². The number of hydrogen-bond donors (Lipinski definition) is 3. The zero-order valence-electron chi connectivity index (χ0n) is 11.9. The Morgan fingerprint density at radius 3 is 2.65 bits per heavy atom. The van der Waals surface area contributed by atoms with E-state index in [0.29, 0.717) is 18.8 Å². The zero-order valence-corrected chi connectivity index (χ0v) is 11.9. The van der Waals surface area contributed by atoms with E-state index in [1.54, 1.807) is 11.7 Å². The van der Waals surface area contributed by atoms with Gasteiger partial charge in [0.15, 0.2) is 0 Å². The number of aryl methyl sites for hydroxylation is 1. The maximum absolute atomic E-state index is 11.1. The first-order chi connectivity index (χ1) is 9.52. The van der Waals surface area contributed by atoms with Crippen LogP contribution >= 0.6 is 0 Å². The number of nitrogens with zero attached hydrogens (tertiary/aromatic N) is 2. The molecule has 0 spiro atoms. The van der Waals surface area contributed by atoms with Gasteiger partial charge >= 0.3 is 5.97 Å². The van der Waals surface area contributed by atoms with E-state index in [9.17, 15) is 9.90 Å². The van der Waals surface area contributed by atoms with Gasteiger partial charge in [0.25, 0.3) is 0 Å². The van der Waals surface area contributed by atoms with Crippen LogP contribution in [0.4, 0.5) is 0 Å². The van der Waals surface area contributed by atoms with Gasteiger partial charge in [-0.25, -0.2) is 4.79 Å². The largest absolute Gasteiger partial charge is 0.478 e. The first-order valence-electron chi connectivity index (χ1n) is 7.19. The Morgan fingerprint density at radius 2 is 2.05 bits per heavy atom. The first-order valence-corrected chi connectivity index (χ1v) is 7.19. The van der Waals surface area contributed by atoms with Crippen LogP contribution in [0.1, 0.15) is 54.6 Å². The molecule has 0 aromatic carbocycles. The molecule has 0 amide bonds. The topological polar surface area (TPSA) is 87.4 Å². The molecule has 1 saturated carbocycles. The first kappa shape index (κ1) is 15.0. The molecule has 0 bridgehead atoms. The minimum absolute atomic E-state index is 0.216. The normalized spacial score (nSPS) is 18.7. The maximum atomic E-state index is 11.1. The van der Waals surface area contributed by atoms with Crippen LogP contribution in [0.5, 0.6) is 0 Å². The van der Waals surface area contributed by atoms with Gasteiger partial charge in [-0.2, -0.15) is 5.10 Å². The highest BCUT2D eigenvalue weighted by Gasteiger charge is 2.27. The van der Waals surface area contributed by atoms with Crippen LogP contribution in [0.3, 0.4) is 0 Å². The number of hydrogen-bond acceptors (Lipinski definition) is 4. The summed E-state index contributed by atoms with van der Waals surface area (Å²) >= 11 is 0. The average molecular weight is 281 g/mol. The van der Waals surface area contributed by atoms with Crippen molar-refractivity contribution in [1.29, 1.82) is 0 Å². The Hall–Kier alpha value is -1.40. The molecule has 1 aromatic heterocycles. The third-order valence-electron chi connectivity index (χ3n) is 4.07. The summed E-state index contributed by atoms with van der Waals surface area (Å²) in [6.07, 6.45) is 7.49. The molecule has 1 aliphatic carbocycles. The van der Waals surface area contributed by atoms with E-state index in [0.717, 1.165) is 25.7 Å². The Morgan fingerprint density at radius 1 is 1.40 bits per heavy atom. The van der Waals surface area contributed by atoms with Crippen molar-refractivity contribution >= 4 is 5.97 Å². The molecular formula is C14H23N3O3. The number of aliphatic hydroxyl groups is 1. The molecule has 0 saturated heterocycles. The van der Waals surface area contributed by atoms with E-state index >= 15 is 0 Å². The molecule has 1 aromatic rings. The van der Waals surface area contributed by atoms with Crippen LogP contribution in [-0.4, -0.2) is 38.1 Å². The van der Waals surface area contributed by atoms with Crippen molar-refractivity contribution in [2.75, 3.05) is 6.54 Å². The van der Waals surface area contributed by atoms with E-state index < -0.39 is 11.6 Å². The summed E-state index contributed by atoms with van der Waals surface area (Å²) in [4.78, 5) is 11.1. The van der Waals surface area contributed by atoms with E-state index in [2.05, 4.69) is 10.4 Å². The van der Waals surface area contributed by atoms with Gasteiger partial charge in [0, 0.05) is 20.1 Å². The van der Waals surface area contributed by atoms with Crippen LogP contribution in [0.2, 0.25) is 0 Å². The number of aromatic carboxylic acids is 1. The van der Waals surface area contributed by atoms with Gasteiger partial charge in [-0.15, -0.1) is 0 Å². The molecule has 0 atom stereocenters. The molecule has 1 aliphatic rings. The van der Waals surface area contributed by atoms with Gasteiger partial charge in [-0.1, -0.05) is 25.7 Å². The Bertz CT molecular complexity index is 462. The second-order valence-electron chi connectivity index (χ2n) is 5.68. The lowest BCUT2D eigenvalue weighted by molar-refractivity contribution is 0.0249. The molecule has 3 N–H and O–H groups in total. The van der Waals surface area contributed by atoms with Gasteiger partial charge in [0.05, 0.1) is 17.5 Å². The van der Waals surface area contributed by atoms with Crippen LogP contribution in [0.15, 0.2) is 6.20 Å². The van der Waals surface area contributed by atoms with Crippen molar-refractivity contribution in [1.82, 2.24) is 15.1 Å². The zero-order chi connectivity index (χ0) is 14.6. The molecule has 112 valence electrons. The number of carboxylic acid groups (broad SMARTS) is 1. The van der Waals surface area contributed by atoms with Gasteiger partial charge in [0.2, 0.25) is 0 Å². The summed E-state index contributed by atoms with van der Waals surface area (Å²) in [5.74, 6) is -0.969. The summed E-state index contributed by atoms with van der Waals surface area (Å²) in [7, 11) is 1.73. The third-order valence-corrected chi connectivity index (χ3v) is 4.07. The summed E-state index contributed by atoms with van der Waals surface area (Å²) in [5.41, 5.74) is 0.195. The van der Waals surface area contributed by atoms with Gasteiger partial charge in [-0.3, -0.25) is 4.68 Å². The molecule has 1 heterocycles. The third kappa shape index (κ3) is 3.58. The lowest BCUT2D eigenvalue weighted by Crippen LogP contribution is -2.40. The predicted octanol–water partition coefficient (Wildman–Crippen LogP) is 1.29. The number of carbonyl (C=O) groups is 1. The fourth-order valence-corrected chi connectivity index (χ4v) is 2.83. The van der Waals surface area contributed by atoms with Crippen LogP contribution in [-0.2, 0) is 13.6 Å². The van der Waals surface area contributed by atoms with Gasteiger partial charge < -0.3 is 15.5 Å². The summed E-state index contributed by atoms with van der Waals surface area (Å²) in [6.45, 7) is 0.900. The average Bonchev–Trinajstić information content (AvgIpc) is 2.62. The molecular weight excluding hydrogens is 258 g/mol. The fraction of sp³-hybridized carbons (Fsp3) is 0.714. The monoisotopic (exact) mass is 281 g/mol. The molecule has 1 fully saturated rings. The van der Waals surface area contributed by atoms with Gasteiger partial charge in [-0.05, 0) is 12.8 Å². The number of aromatic nitrogens is 2. The highest BCUT2D eigenvalue weighted by atomic mass is 16.4. The van der Waals surface area contributed by atoms with Crippen LogP contribution in [0, 0.1) is 0 Å². The van der Waals surface area contributed by atoms with E-state index in [4.69, 9.17) is 5.11 Å². The van der Waals surface area contributed by atoms with Crippen molar-refractivity contribution in [2.45, 2.75) is 50.7 Å². The number of nitrogens with one attached hydrogen (secondary N) is 1. The number of carboxylic acids is 1. The number of rotatable bonds is 5. The SMILES string of the molecule is Cn1ncc(C(=O)O)c1CNCC1(O)CCCCCC1. The Kier molecular flexibility index (Phi) is 4.77. The molecule has 6 heteroatoms. The lowest BCUT2D eigenvalue weighted by Gasteiger charge is -2.27. The maximum Gasteiger partial charge on any atom is 0.339 e. The smallest absolute Gasteiger partial charge is 0.339 e. The van der Waals surface area contributed by atoms with Crippen molar-refractivity contribution in [2.24, 2.45) is 7.05 Å². The molecule has 0 radical (unpaired) electrons.